The molecule has 1 aliphatic heterocycles. The van der Waals surface area contributed by atoms with Gasteiger partial charge in [-0.25, -0.2) is 4.99 Å². The van der Waals surface area contributed by atoms with Crippen LogP contribution in [0.2, 0.25) is 0 Å². The van der Waals surface area contributed by atoms with E-state index >= 15 is 0 Å². The summed E-state index contributed by atoms with van der Waals surface area (Å²) in [7, 11) is 0. The van der Waals surface area contributed by atoms with Crippen LogP contribution in [0.4, 0.5) is 0 Å². The normalized spacial score (nSPS) is 21.4. The van der Waals surface area contributed by atoms with Crippen LogP contribution in [0, 0.1) is 0 Å². The van der Waals surface area contributed by atoms with Crippen LogP contribution in [-0.2, 0) is 4.79 Å². The largest absolute Gasteiger partial charge is 0.307 e. The molecule has 4 heteroatoms. The molecular weight excluding hydrogens is 394 g/mol. The van der Waals surface area contributed by atoms with E-state index in [1.165, 1.54) is 96.3 Å². The third kappa shape index (κ3) is 11.6. The molecule has 0 aromatic carbocycles. The molecule has 32 heavy (non-hydrogen) atoms. The third-order valence-electron chi connectivity index (χ3n) is 7.29. The summed E-state index contributed by atoms with van der Waals surface area (Å²) < 4.78 is 0.883. The van der Waals surface area contributed by atoms with Crippen LogP contribution in [-0.4, -0.2) is 42.0 Å². The zero-order chi connectivity index (χ0) is 23.5. The lowest BCUT2D eigenvalue weighted by Gasteiger charge is -2.42. The van der Waals surface area contributed by atoms with Crippen LogP contribution in [0.1, 0.15) is 130 Å². The van der Waals surface area contributed by atoms with Crippen LogP contribution >= 0.6 is 0 Å². The zero-order valence-corrected chi connectivity index (χ0v) is 21.9. The summed E-state index contributed by atoms with van der Waals surface area (Å²) in [5.74, 6) is 0.0590. The summed E-state index contributed by atoms with van der Waals surface area (Å²) in [4.78, 5) is 16.3. The number of amides is 1. The minimum atomic E-state index is 0.0590. The second kappa shape index (κ2) is 18.3. The predicted octanol–water partition coefficient (Wildman–Crippen LogP) is 7.53. The summed E-state index contributed by atoms with van der Waals surface area (Å²) in [5.41, 5.74) is 0. The Labute approximate surface area is 199 Å². The van der Waals surface area contributed by atoms with E-state index in [0.717, 1.165) is 24.0 Å². The maximum atomic E-state index is 11.5. The first-order chi connectivity index (χ1) is 15.6. The number of quaternary nitrogens is 1. The van der Waals surface area contributed by atoms with Crippen LogP contribution in [0.3, 0.4) is 0 Å². The summed E-state index contributed by atoms with van der Waals surface area (Å²) in [6.45, 7) is 10.2. The SMILES string of the molecule is CCCCC/C=C/CCCCCCCCCCCCC1N=CC[N+]1(CC)C(C)NC(C)=O. The van der Waals surface area contributed by atoms with Gasteiger partial charge in [-0.15, -0.1) is 0 Å². The van der Waals surface area contributed by atoms with Crippen molar-refractivity contribution in [2.45, 2.75) is 143 Å². The maximum Gasteiger partial charge on any atom is 0.221 e. The average Bonchev–Trinajstić information content (AvgIpc) is 3.19. The molecule has 0 bridgehead atoms. The molecule has 1 rings (SSSR count). The van der Waals surface area contributed by atoms with Crippen molar-refractivity contribution in [3.8, 4) is 0 Å². The molecule has 4 nitrogen and oxygen atoms in total. The van der Waals surface area contributed by atoms with Gasteiger partial charge in [-0.3, -0.25) is 9.28 Å². The highest BCUT2D eigenvalue weighted by Gasteiger charge is 2.42. The molecular formula is C28H54N3O+. The van der Waals surface area contributed by atoms with Gasteiger partial charge in [0.1, 0.15) is 6.54 Å². The van der Waals surface area contributed by atoms with E-state index in [-0.39, 0.29) is 12.1 Å². The zero-order valence-electron chi connectivity index (χ0n) is 21.9. The Kier molecular flexibility index (Phi) is 16.5. The van der Waals surface area contributed by atoms with Crippen molar-refractivity contribution < 1.29 is 9.28 Å². The molecule has 1 aliphatic rings. The van der Waals surface area contributed by atoms with Gasteiger partial charge in [0.2, 0.25) is 5.91 Å². The van der Waals surface area contributed by atoms with Crippen LogP contribution in [0.15, 0.2) is 17.1 Å². The van der Waals surface area contributed by atoms with Gasteiger partial charge < -0.3 is 5.32 Å². The van der Waals surface area contributed by atoms with Crippen LogP contribution in [0.25, 0.3) is 0 Å². The molecule has 0 saturated carbocycles. The fourth-order valence-electron chi connectivity index (χ4n) is 5.11. The van der Waals surface area contributed by atoms with Crippen molar-refractivity contribution in [1.29, 1.82) is 0 Å². The second-order valence-corrected chi connectivity index (χ2v) is 9.87. The molecule has 3 unspecified atom stereocenters. The highest BCUT2D eigenvalue weighted by atomic mass is 16.1. The van der Waals surface area contributed by atoms with Gasteiger partial charge >= 0.3 is 0 Å². The van der Waals surface area contributed by atoms with E-state index < -0.39 is 0 Å². The van der Waals surface area contributed by atoms with Crippen molar-refractivity contribution in [1.82, 2.24) is 5.32 Å². The minimum Gasteiger partial charge on any atom is -0.307 e. The number of unbranched alkanes of at least 4 members (excludes halogenated alkanes) is 13. The topological polar surface area (TPSA) is 41.5 Å². The van der Waals surface area contributed by atoms with E-state index in [9.17, 15) is 4.79 Å². The Morgan fingerprint density at radius 1 is 0.938 bits per heavy atom. The number of hydrogen-bond donors (Lipinski definition) is 1. The monoisotopic (exact) mass is 448 g/mol. The van der Waals surface area contributed by atoms with E-state index in [1.54, 1.807) is 6.92 Å². The second-order valence-electron chi connectivity index (χ2n) is 9.87. The lowest BCUT2D eigenvalue weighted by molar-refractivity contribution is -0.959. The summed E-state index contributed by atoms with van der Waals surface area (Å²) in [6, 6.07) is 0. The van der Waals surface area contributed by atoms with Gasteiger partial charge in [-0.1, -0.05) is 83.3 Å². The lowest BCUT2D eigenvalue weighted by atomic mass is 10.0. The molecule has 3 atom stereocenters. The number of aliphatic imine (C=N–C) groups is 1. The molecule has 0 aromatic heterocycles. The molecule has 1 N–H and O–H groups in total. The molecule has 0 saturated heterocycles. The number of carbonyl (C=O) groups excluding carboxylic acids is 1. The standard InChI is InChI=1S/C28H53N3O/c1-5-7-8-9-10-11-12-13-14-15-16-17-18-19-20-21-22-23-28-29-24-25-31(28,6-2)26(3)30-27(4)32/h10-11,24,26,28H,5-9,12-23,25H2,1-4H3/p+1/b11-10+. The smallest absolute Gasteiger partial charge is 0.221 e. The lowest BCUT2D eigenvalue weighted by Crippen LogP contribution is -2.63. The first-order valence-corrected chi connectivity index (χ1v) is 13.9. The molecule has 186 valence electrons. The highest BCUT2D eigenvalue weighted by molar-refractivity contribution is 5.73. The number of nitrogens with zero attached hydrogens (tertiary/aromatic N) is 2. The Morgan fingerprint density at radius 3 is 2.00 bits per heavy atom. The number of nitrogens with one attached hydrogen (secondary N) is 1. The first kappa shape index (κ1) is 28.9. The fraction of sp³-hybridized carbons (Fsp3) is 0.857. The third-order valence-corrected chi connectivity index (χ3v) is 7.29. The summed E-state index contributed by atoms with van der Waals surface area (Å²) in [6.07, 6.45) is 28.7. The molecule has 0 fully saturated rings. The van der Waals surface area contributed by atoms with Gasteiger partial charge in [0.25, 0.3) is 0 Å². The predicted molar refractivity (Wildman–Crippen MR) is 140 cm³/mol. The molecule has 1 heterocycles. The van der Waals surface area contributed by atoms with E-state index in [1.807, 2.05) is 0 Å². The first-order valence-electron chi connectivity index (χ1n) is 13.9. The Balaban J connectivity index is 1.99. The summed E-state index contributed by atoms with van der Waals surface area (Å²) >= 11 is 0. The minimum absolute atomic E-state index is 0.0590. The maximum absolute atomic E-state index is 11.5. The molecule has 0 aliphatic carbocycles. The number of carbonyl (C=O) groups is 1. The average molecular weight is 449 g/mol. The fourth-order valence-corrected chi connectivity index (χ4v) is 5.11. The van der Waals surface area contributed by atoms with Crippen LogP contribution < -0.4 is 5.32 Å². The number of rotatable bonds is 20. The van der Waals surface area contributed by atoms with Crippen molar-refractivity contribution in [3.05, 3.63) is 12.2 Å². The highest BCUT2D eigenvalue weighted by Crippen LogP contribution is 2.27. The van der Waals surface area contributed by atoms with Crippen molar-refractivity contribution >= 4 is 12.1 Å². The van der Waals surface area contributed by atoms with Gasteiger partial charge in [-0.05, 0) is 39.0 Å². The summed E-state index contributed by atoms with van der Waals surface area (Å²) in [5, 5.41) is 3.11. The molecule has 0 radical (unpaired) electrons. The van der Waals surface area contributed by atoms with Crippen molar-refractivity contribution in [3.63, 3.8) is 0 Å². The van der Waals surface area contributed by atoms with Gasteiger partial charge in [0, 0.05) is 20.3 Å². The molecule has 0 spiro atoms. The van der Waals surface area contributed by atoms with Crippen molar-refractivity contribution in [2.24, 2.45) is 4.99 Å². The van der Waals surface area contributed by atoms with E-state index in [0.29, 0.717) is 6.17 Å². The van der Waals surface area contributed by atoms with E-state index in [4.69, 9.17) is 4.99 Å². The Bertz CT molecular complexity index is 531. The Hall–Kier alpha value is -1.16. The van der Waals surface area contributed by atoms with Gasteiger partial charge in [-0.2, -0.15) is 0 Å². The number of allylic oxidation sites excluding steroid dienone is 2. The number of hydrogen-bond acceptors (Lipinski definition) is 2. The quantitative estimate of drug-likeness (QED) is 0.117. The Morgan fingerprint density at radius 2 is 1.47 bits per heavy atom. The van der Waals surface area contributed by atoms with Gasteiger partial charge in [0.05, 0.1) is 12.8 Å². The van der Waals surface area contributed by atoms with Crippen molar-refractivity contribution in [2.75, 3.05) is 13.1 Å². The molecule has 1 amide bonds. The molecule has 0 aromatic rings. The van der Waals surface area contributed by atoms with Gasteiger partial charge in [0.15, 0.2) is 12.3 Å². The van der Waals surface area contributed by atoms with E-state index in [2.05, 4.69) is 44.5 Å². The van der Waals surface area contributed by atoms with Crippen LogP contribution in [0.5, 0.6) is 0 Å².